The van der Waals surface area contributed by atoms with Crippen LogP contribution in [0.25, 0.3) is 0 Å². The summed E-state index contributed by atoms with van der Waals surface area (Å²) < 4.78 is 5.37. The van der Waals surface area contributed by atoms with E-state index in [1.54, 1.807) is 0 Å². The van der Waals surface area contributed by atoms with E-state index in [0.29, 0.717) is 37.1 Å². The van der Waals surface area contributed by atoms with Crippen LogP contribution in [-0.4, -0.2) is 53.8 Å². The van der Waals surface area contributed by atoms with Crippen molar-refractivity contribution in [1.82, 2.24) is 15.0 Å². The first-order valence-electron chi connectivity index (χ1n) is 7.47. The van der Waals surface area contributed by atoms with Gasteiger partial charge in [0, 0.05) is 25.7 Å². The summed E-state index contributed by atoms with van der Waals surface area (Å²) in [5.74, 6) is 7.21. The largest absolute Gasteiger partial charge is 0.378 e. The normalized spacial score (nSPS) is 15.4. The SMILES string of the molecule is CCCN(c1nc(NN)nc(N2CCOCC2)n1)C(C)C. The first-order valence-corrected chi connectivity index (χ1v) is 7.47. The van der Waals surface area contributed by atoms with Crippen molar-refractivity contribution in [3.8, 4) is 0 Å². The van der Waals surface area contributed by atoms with E-state index in [1.807, 2.05) is 0 Å². The van der Waals surface area contributed by atoms with Gasteiger partial charge in [0.15, 0.2) is 0 Å². The van der Waals surface area contributed by atoms with Gasteiger partial charge in [-0.1, -0.05) is 6.92 Å². The average Bonchev–Trinajstić information content (AvgIpc) is 2.52. The number of morpholine rings is 1. The van der Waals surface area contributed by atoms with Crippen LogP contribution in [0.15, 0.2) is 0 Å². The number of nitrogens with zero attached hydrogens (tertiary/aromatic N) is 5. The van der Waals surface area contributed by atoms with Crippen molar-refractivity contribution >= 4 is 17.8 Å². The lowest BCUT2D eigenvalue weighted by atomic mass is 10.3. The zero-order valence-electron chi connectivity index (χ0n) is 13.0. The molecule has 1 aliphatic heterocycles. The monoisotopic (exact) mass is 295 g/mol. The Hall–Kier alpha value is -1.67. The van der Waals surface area contributed by atoms with Gasteiger partial charge in [-0.25, -0.2) is 5.84 Å². The number of anilines is 3. The number of hydrazine groups is 1. The molecule has 0 bridgehead atoms. The van der Waals surface area contributed by atoms with E-state index in [2.05, 4.69) is 50.9 Å². The lowest BCUT2D eigenvalue weighted by Gasteiger charge is -2.30. The Kier molecular flexibility index (Phi) is 5.51. The summed E-state index contributed by atoms with van der Waals surface area (Å²) in [6.07, 6.45) is 1.03. The highest BCUT2D eigenvalue weighted by Gasteiger charge is 2.20. The molecule has 0 amide bonds. The Labute approximate surface area is 125 Å². The summed E-state index contributed by atoms with van der Waals surface area (Å²) in [5.41, 5.74) is 2.54. The number of hydrogen-bond acceptors (Lipinski definition) is 8. The standard InChI is InChI=1S/C13H25N7O/c1-4-5-20(10(2)3)13-16-11(18-14)15-12(17-13)19-6-8-21-9-7-19/h10H,4-9,14H2,1-3H3,(H,15,16,17,18). The highest BCUT2D eigenvalue weighted by molar-refractivity contribution is 5.45. The van der Waals surface area contributed by atoms with Gasteiger partial charge in [0.2, 0.25) is 17.8 Å². The molecule has 8 heteroatoms. The second-order valence-electron chi connectivity index (χ2n) is 5.29. The predicted molar refractivity (Wildman–Crippen MR) is 83.4 cm³/mol. The Balaban J connectivity index is 2.31. The van der Waals surface area contributed by atoms with Gasteiger partial charge in [-0.05, 0) is 20.3 Å². The Morgan fingerprint density at radius 1 is 1.29 bits per heavy atom. The van der Waals surface area contributed by atoms with Crippen LogP contribution in [0.4, 0.5) is 17.8 Å². The zero-order valence-corrected chi connectivity index (χ0v) is 13.0. The van der Waals surface area contributed by atoms with Gasteiger partial charge in [0.1, 0.15) is 0 Å². The number of rotatable bonds is 6. The lowest BCUT2D eigenvalue weighted by molar-refractivity contribution is 0.122. The molecule has 118 valence electrons. The number of ether oxygens (including phenoxy) is 1. The van der Waals surface area contributed by atoms with Crippen LogP contribution in [0, 0.1) is 0 Å². The molecule has 1 aliphatic rings. The van der Waals surface area contributed by atoms with E-state index in [-0.39, 0.29) is 0 Å². The van der Waals surface area contributed by atoms with Gasteiger partial charge < -0.3 is 14.5 Å². The molecular formula is C13H25N7O. The highest BCUT2D eigenvalue weighted by Crippen LogP contribution is 2.19. The number of nitrogens with one attached hydrogen (secondary N) is 1. The van der Waals surface area contributed by atoms with Crippen molar-refractivity contribution < 1.29 is 4.74 Å². The fourth-order valence-electron chi connectivity index (χ4n) is 2.28. The van der Waals surface area contributed by atoms with Gasteiger partial charge in [-0.15, -0.1) is 0 Å². The van der Waals surface area contributed by atoms with Crippen LogP contribution in [0.5, 0.6) is 0 Å². The molecule has 1 aromatic rings. The summed E-state index contributed by atoms with van der Waals surface area (Å²) in [4.78, 5) is 17.6. The molecule has 0 spiro atoms. The number of nitrogen functional groups attached to an aromatic ring is 1. The van der Waals surface area contributed by atoms with Crippen molar-refractivity contribution in [2.45, 2.75) is 33.2 Å². The molecular weight excluding hydrogens is 270 g/mol. The third-order valence-corrected chi connectivity index (χ3v) is 3.38. The number of nitrogens with two attached hydrogens (primary N) is 1. The molecule has 0 aromatic carbocycles. The molecule has 1 aromatic heterocycles. The second kappa shape index (κ2) is 7.37. The van der Waals surface area contributed by atoms with Gasteiger partial charge >= 0.3 is 0 Å². The van der Waals surface area contributed by atoms with Crippen molar-refractivity contribution in [1.29, 1.82) is 0 Å². The molecule has 0 radical (unpaired) electrons. The zero-order chi connectivity index (χ0) is 15.2. The van der Waals surface area contributed by atoms with Crippen LogP contribution in [0.2, 0.25) is 0 Å². The molecule has 3 N–H and O–H groups in total. The van der Waals surface area contributed by atoms with Crippen LogP contribution in [0.3, 0.4) is 0 Å². The van der Waals surface area contributed by atoms with Gasteiger partial charge in [0.05, 0.1) is 13.2 Å². The van der Waals surface area contributed by atoms with E-state index in [9.17, 15) is 0 Å². The van der Waals surface area contributed by atoms with Gasteiger partial charge in [-0.2, -0.15) is 15.0 Å². The van der Waals surface area contributed by atoms with E-state index in [4.69, 9.17) is 10.6 Å². The maximum atomic E-state index is 5.50. The molecule has 0 aliphatic carbocycles. The van der Waals surface area contributed by atoms with Crippen LogP contribution in [0.1, 0.15) is 27.2 Å². The van der Waals surface area contributed by atoms with Gasteiger partial charge in [-0.3, -0.25) is 5.43 Å². The van der Waals surface area contributed by atoms with Crippen molar-refractivity contribution in [3.05, 3.63) is 0 Å². The van der Waals surface area contributed by atoms with Crippen molar-refractivity contribution in [2.24, 2.45) is 5.84 Å². The Morgan fingerprint density at radius 2 is 2.00 bits per heavy atom. The number of hydrogen-bond donors (Lipinski definition) is 2. The third kappa shape index (κ3) is 3.92. The summed E-state index contributed by atoms with van der Waals surface area (Å²) in [5, 5.41) is 0. The van der Waals surface area contributed by atoms with Gasteiger partial charge in [0.25, 0.3) is 0 Å². The smallest absolute Gasteiger partial charge is 0.243 e. The molecule has 21 heavy (non-hydrogen) atoms. The second-order valence-corrected chi connectivity index (χ2v) is 5.29. The molecule has 0 saturated carbocycles. The third-order valence-electron chi connectivity index (χ3n) is 3.38. The predicted octanol–water partition coefficient (Wildman–Crippen LogP) is 0.619. The first kappa shape index (κ1) is 15.7. The Bertz CT molecular complexity index is 448. The molecule has 2 heterocycles. The maximum Gasteiger partial charge on any atom is 0.243 e. The molecule has 8 nitrogen and oxygen atoms in total. The molecule has 0 atom stereocenters. The molecule has 1 fully saturated rings. The van der Waals surface area contributed by atoms with Crippen molar-refractivity contribution in [2.75, 3.05) is 48.1 Å². The minimum absolute atomic E-state index is 0.315. The summed E-state index contributed by atoms with van der Waals surface area (Å²) in [6.45, 7) is 10.2. The molecule has 0 unspecified atom stereocenters. The minimum Gasteiger partial charge on any atom is -0.378 e. The summed E-state index contributed by atoms with van der Waals surface area (Å²) in [7, 11) is 0. The average molecular weight is 295 g/mol. The van der Waals surface area contributed by atoms with Crippen molar-refractivity contribution in [3.63, 3.8) is 0 Å². The summed E-state index contributed by atoms with van der Waals surface area (Å²) >= 11 is 0. The number of aromatic nitrogens is 3. The molecule has 1 saturated heterocycles. The quantitative estimate of drug-likeness (QED) is 0.583. The summed E-state index contributed by atoms with van der Waals surface area (Å²) in [6, 6.07) is 0.315. The highest BCUT2D eigenvalue weighted by atomic mass is 16.5. The van der Waals surface area contributed by atoms with Crippen LogP contribution >= 0.6 is 0 Å². The topological polar surface area (TPSA) is 92.4 Å². The van der Waals surface area contributed by atoms with Crippen LogP contribution < -0.4 is 21.1 Å². The first-order chi connectivity index (χ1) is 10.2. The van der Waals surface area contributed by atoms with E-state index < -0.39 is 0 Å². The van der Waals surface area contributed by atoms with Crippen LogP contribution in [-0.2, 0) is 4.74 Å². The Morgan fingerprint density at radius 3 is 2.57 bits per heavy atom. The maximum absolute atomic E-state index is 5.50. The fourth-order valence-corrected chi connectivity index (χ4v) is 2.28. The van der Waals surface area contributed by atoms with E-state index in [1.165, 1.54) is 0 Å². The fraction of sp³-hybridized carbons (Fsp3) is 0.769. The lowest BCUT2D eigenvalue weighted by Crippen LogP contribution is -2.39. The van der Waals surface area contributed by atoms with E-state index >= 15 is 0 Å². The molecule has 2 rings (SSSR count). The minimum atomic E-state index is 0.315. The van der Waals surface area contributed by atoms with E-state index in [0.717, 1.165) is 26.1 Å².